The van der Waals surface area contributed by atoms with Gasteiger partial charge in [0.15, 0.2) is 13.6 Å². The normalized spacial score (nSPS) is 11.5. The summed E-state index contributed by atoms with van der Waals surface area (Å²) >= 11 is 3.29. The summed E-state index contributed by atoms with van der Waals surface area (Å²) in [5, 5.41) is 20.3. The number of phenols is 2. The minimum absolute atomic E-state index is 0.223. The molecular weight excluding hydrogens is 639 g/mol. The Morgan fingerprint density at radius 2 is 0.957 bits per heavy atom. The summed E-state index contributed by atoms with van der Waals surface area (Å²) in [5.41, 5.74) is 5.99. The van der Waals surface area contributed by atoms with Crippen molar-refractivity contribution in [1.29, 1.82) is 0 Å². The summed E-state index contributed by atoms with van der Waals surface area (Å²) < 4.78 is 34.3. The second kappa shape index (κ2) is 16.2. The summed E-state index contributed by atoms with van der Waals surface area (Å²) in [4.78, 5) is 4.33. The lowest BCUT2D eigenvalue weighted by Crippen LogP contribution is -2.03. The standard InChI is InChI=1S/C36H43O7PS2/c1-21(2)31-17-29(9-11-33(31)37)45-35-23(5)13-27(14-24(35)6)40-19-42-44(39)43-20-41-28-15-25(7)36(26(8)16-28)46-30-10-12-34(38)32(18-30)22(3)4/h9-18,21-22,37-38,44H,19-20H2,1-8H3. The van der Waals surface area contributed by atoms with Crippen LogP contribution in [0.2, 0.25) is 0 Å². The van der Waals surface area contributed by atoms with Crippen molar-refractivity contribution in [3.05, 3.63) is 94.0 Å². The minimum atomic E-state index is -2.84. The molecule has 0 saturated carbocycles. The van der Waals surface area contributed by atoms with Crippen LogP contribution in [0.4, 0.5) is 0 Å². The molecule has 46 heavy (non-hydrogen) atoms. The molecule has 0 aliphatic rings. The number of aryl methyl sites for hydroxylation is 4. The van der Waals surface area contributed by atoms with Gasteiger partial charge in [-0.15, -0.1) is 0 Å². The van der Waals surface area contributed by atoms with Crippen LogP contribution in [0.5, 0.6) is 23.0 Å². The molecule has 7 nitrogen and oxygen atoms in total. The highest BCUT2D eigenvalue weighted by molar-refractivity contribution is 7.99. The Hall–Kier alpha value is -3.07. The van der Waals surface area contributed by atoms with Crippen LogP contribution >= 0.6 is 31.8 Å². The van der Waals surface area contributed by atoms with Gasteiger partial charge in [0, 0.05) is 19.6 Å². The molecule has 0 unspecified atom stereocenters. The molecule has 0 atom stereocenters. The number of rotatable bonds is 14. The van der Waals surface area contributed by atoms with E-state index in [9.17, 15) is 14.8 Å². The molecule has 10 heteroatoms. The largest absolute Gasteiger partial charge is 0.508 e. The van der Waals surface area contributed by atoms with Gasteiger partial charge in [-0.25, -0.2) is 0 Å². The average molecular weight is 683 g/mol. The van der Waals surface area contributed by atoms with Crippen molar-refractivity contribution < 1.29 is 33.3 Å². The first kappa shape index (κ1) is 35.8. The Labute approximate surface area is 281 Å². The van der Waals surface area contributed by atoms with Crippen LogP contribution in [-0.4, -0.2) is 23.8 Å². The molecule has 0 amide bonds. The molecule has 0 aliphatic heterocycles. The Balaban J connectivity index is 1.25. The molecule has 4 aromatic rings. The quantitative estimate of drug-likeness (QED) is 0.0995. The molecule has 0 spiro atoms. The Kier molecular flexibility index (Phi) is 12.6. The van der Waals surface area contributed by atoms with Gasteiger partial charge in [0.2, 0.25) is 0 Å². The Bertz CT molecular complexity index is 1540. The first-order chi connectivity index (χ1) is 21.8. The number of ether oxygens (including phenoxy) is 2. The molecule has 0 fully saturated rings. The van der Waals surface area contributed by atoms with Crippen molar-refractivity contribution in [2.45, 2.75) is 86.8 Å². The van der Waals surface area contributed by atoms with E-state index >= 15 is 0 Å². The van der Waals surface area contributed by atoms with Crippen LogP contribution in [0.1, 0.15) is 72.9 Å². The predicted octanol–water partition coefficient (Wildman–Crippen LogP) is 10.7. The first-order valence-corrected chi connectivity index (χ1v) is 18.0. The number of phenolic OH excluding ortho intramolecular Hbond substituents is 2. The van der Waals surface area contributed by atoms with Crippen LogP contribution in [0.25, 0.3) is 0 Å². The van der Waals surface area contributed by atoms with Crippen molar-refractivity contribution in [3.63, 3.8) is 0 Å². The van der Waals surface area contributed by atoms with Crippen LogP contribution in [0, 0.1) is 27.7 Å². The van der Waals surface area contributed by atoms with E-state index in [2.05, 4.69) is 27.7 Å². The number of aromatic hydroxyl groups is 2. The fourth-order valence-electron chi connectivity index (χ4n) is 5.00. The zero-order valence-corrected chi connectivity index (χ0v) is 30.2. The van der Waals surface area contributed by atoms with E-state index in [0.29, 0.717) is 23.0 Å². The van der Waals surface area contributed by atoms with Gasteiger partial charge >= 0.3 is 8.25 Å². The lowest BCUT2D eigenvalue weighted by atomic mass is 10.0. The third-order valence-corrected chi connectivity index (χ3v) is 10.7. The molecule has 0 aliphatic carbocycles. The van der Waals surface area contributed by atoms with Gasteiger partial charge in [-0.05, 0) is 134 Å². The van der Waals surface area contributed by atoms with E-state index in [1.54, 1.807) is 35.7 Å². The molecule has 0 heterocycles. The van der Waals surface area contributed by atoms with Gasteiger partial charge in [-0.3, -0.25) is 13.6 Å². The fourth-order valence-corrected chi connectivity index (χ4v) is 7.38. The SMILES string of the molecule is Cc1cc(OCO[PH](=O)OCOc2cc(C)c(Sc3ccc(O)c(C(C)C)c3)c(C)c2)cc(C)c1Sc1ccc(O)c(C(C)C)c1. The van der Waals surface area contributed by atoms with Crippen LogP contribution in [0.15, 0.2) is 80.2 Å². The fraction of sp³-hybridized carbons (Fsp3) is 0.333. The first-order valence-electron chi connectivity index (χ1n) is 15.1. The zero-order valence-electron chi connectivity index (χ0n) is 27.6. The highest BCUT2D eigenvalue weighted by Crippen LogP contribution is 2.40. The number of benzene rings is 4. The van der Waals surface area contributed by atoms with Gasteiger partial charge in [-0.2, -0.15) is 0 Å². The smallest absolute Gasteiger partial charge is 0.324 e. The maximum atomic E-state index is 12.3. The Morgan fingerprint density at radius 1 is 0.609 bits per heavy atom. The topological polar surface area (TPSA) is 94.5 Å². The Morgan fingerprint density at radius 3 is 1.28 bits per heavy atom. The highest BCUT2D eigenvalue weighted by Gasteiger charge is 2.14. The summed E-state index contributed by atoms with van der Waals surface area (Å²) in [5.74, 6) is 2.29. The molecule has 4 aromatic carbocycles. The van der Waals surface area contributed by atoms with Gasteiger partial charge in [0.05, 0.1) is 0 Å². The summed E-state index contributed by atoms with van der Waals surface area (Å²) in [7, 11) is -2.84. The lowest BCUT2D eigenvalue weighted by molar-refractivity contribution is 0.0696. The van der Waals surface area contributed by atoms with E-state index in [4.69, 9.17) is 18.5 Å². The minimum Gasteiger partial charge on any atom is -0.508 e. The maximum absolute atomic E-state index is 12.3. The van der Waals surface area contributed by atoms with Crippen LogP contribution in [0.3, 0.4) is 0 Å². The second-order valence-corrected chi connectivity index (χ2v) is 15.0. The van der Waals surface area contributed by atoms with Crippen LogP contribution in [-0.2, 0) is 13.6 Å². The van der Waals surface area contributed by atoms with E-state index in [1.165, 1.54) is 0 Å². The molecule has 2 N–H and O–H groups in total. The van der Waals surface area contributed by atoms with Crippen molar-refractivity contribution in [2.24, 2.45) is 0 Å². The molecular formula is C36H43O7PS2. The number of hydrogen-bond acceptors (Lipinski definition) is 9. The summed E-state index contributed by atoms with van der Waals surface area (Å²) in [6, 6.07) is 19.1. The highest BCUT2D eigenvalue weighted by atomic mass is 32.2. The van der Waals surface area contributed by atoms with Crippen molar-refractivity contribution in [2.75, 3.05) is 13.6 Å². The molecule has 4 rings (SSSR count). The predicted molar refractivity (Wildman–Crippen MR) is 187 cm³/mol. The molecule has 0 saturated heterocycles. The molecule has 0 radical (unpaired) electrons. The third-order valence-electron chi connectivity index (χ3n) is 7.35. The molecule has 0 aromatic heterocycles. The second-order valence-electron chi connectivity index (χ2n) is 11.8. The number of hydrogen-bond donors (Lipinski definition) is 2. The molecule has 0 bridgehead atoms. The summed E-state index contributed by atoms with van der Waals surface area (Å²) in [6.45, 7) is 15.8. The summed E-state index contributed by atoms with van der Waals surface area (Å²) in [6.07, 6.45) is 0. The third kappa shape index (κ3) is 9.49. The lowest BCUT2D eigenvalue weighted by Gasteiger charge is -2.15. The van der Waals surface area contributed by atoms with E-state index in [1.807, 2.05) is 76.2 Å². The monoisotopic (exact) mass is 682 g/mol. The van der Waals surface area contributed by atoms with Crippen molar-refractivity contribution >= 4 is 31.8 Å². The van der Waals surface area contributed by atoms with Gasteiger partial charge in [0.1, 0.15) is 23.0 Å². The van der Waals surface area contributed by atoms with Gasteiger partial charge in [0.25, 0.3) is 0 Å². The van der Waals surface area contributed by atoms with Crippen molar-refractivity contribution in [1.82, 2.24) is 0 Å². The van der Waals surface area contributed by atoms with E-state index < -0.39 is 8.25 Å². The van der Waals surface area contributed by atoms with Gasteiger partial charge in [-0.1, -0.05) is 51.2 Å². The van der Waals surface area contributed by atoms with E-state index in [-0.39, 0.29) is 25.4 Å². The van der Waals surface area contributed by atoms with Crippen molar-refractivity contribution in [3.8, 4) is 23.0 Å². The van der Waals surface area contributed by atoms with Crippen LogP contribution < -0.4 is 9.47 Å². The molecule has 246 valence electrons. The maximum Gasteiger partial charge on any atom is 0.324 e. The van der Waals surface area contributed by atoms with Gasteiger partial charge < -0.3 is 19.7 Å². The average Bonchev–Trinajstić information content (AvgIpc) is 2.98. The zero-order chi connectivity index (χ0) is 33.5. The van der Waals surface area contributed by atoms with E-state index in [0.717, 1.165) is 53.0 Å².